The molecule has 5 heteroatoms. The van der Waals surface area contributed by atoms with E-state index in [1.807, 2.05) is 0 Å². The fraction of sp³-hybridized carbons (Fsp3) is 0.917. The van der Waals surface area contributed by atoms with Gasteiger partial charge in [-0.2, -0.15) is 0 Å². The molecular formula is C12H21NO4. The zero-order chi connectivity index (χ0) is 13.1. The molecule has 0 N–H and O–H groups in total. The number of nitro groups is 1. The summed E-state index contributed by atoms with van der Waals surface area (Å²) in [5.41, 5.74) is -0.491. The van der Waals surface area contributed by atoms with Crippen LogP contribution in [0.15, 0.2) is 0 Å². The zero-order valence-electron chi connectivity index (χ0n) is 10.8. The molecule has 0 aromatic carbocycles. The van der Waals surface area contributed by atoms with Gasteiger partial charge in [-0.1, -0.05) is 13.8 Å². The van der Waals surface area contributed by atoms with E-state index < -0.39 is 5.41 Å². The summed E-state index contributed by atoms with van der Waals surface area (Å²) in [5, 5.41) is 10.8. The molecule has 0 aromatic rings. The molecule has 0 bridgehead atoms. The van der Waals surface area contributed by atoms with E-state index in [2.05, 4.69) is 13.8 Å². The number of rotatable bonds is 5. The van der Waals surface area contributed by atoms with Crippen LogP contribution in [0.5, 0.6) is 0 Å². The number of carbonyl (C=O) groups excluding carboxylic acids is 1. The van der Waals surface area contributed by atoms with Gasteiger partial charge in [-0.25, -0.2) is 0 Å². The van der Waals surface area contributed by atoms with Gasteiger partial charge in [0.2, 0.25) is 6.54 Å². The van der Waals surface area contributed by atoms with Crippen molar-refractivity contribution >= 4 is 5.97 Å². The predicted molar refractivity (Wildman–Crippen MR) is 63.1 cm³/mol. The lowest BCUT2D eigenvalue weighted by Gasteiger charge is -2.23. The van der Waals surface area contributed by atoms with Gasteiger partial charge in [-0.05, 0) is 31.6 Å². The first kappa shape index (κ1) is 13.9. The molecule has 0 saturated heterocycles. The van der Waals surface area contributed by atoms with Crippen LogP contribution in [0.4, 0.5) is 0 Å². The van der Waals surface area contributed by atoms with Crippen LogP contribution in [0.1, 0.15) is 40.0 Å². The molecular weight excluding hydrogens is 222 g/mol. The van der Waals surface area contributed by atoms with E-state index in [0.717, 1.165) is 12.8 Å². The number of ether oxygens (including phenoxy) is 1. The lowest BCUT2D eigenvalue weighted by Crippen LogP contribution is -2.31. The molecule has 17 heavy (non-hydrogen) atoms. The van der Waals surface area contributed by atoms with Crippen molar-refractivity contribution in [1.29, 1.82) is 0 Å². The van der Waals surface area contributed by atoms with E-state index >= 15 is 0 Å². The van der Waals surface area contributed by atoms with Crippen molar-refractivity contribution in [2.24, 2.45) is 17.3 Å². The third kappa shape index (κ3) is 3.68. The van der Waals surface area contributed by atoms with Gasteiger partial charge in [-0.3, -0.25) is 14.9 Å². The quantitative estimate of drug-likeness (QED) is 0.422. The average molecular weight is 243 g/mol. The maximum Gasteiger partial charge on any atom is 0.306 e. The highest BCUT2D eigenvalue weighted by Gasteiger charge is 2.47. The van der Waals surface area contributed by atoms with Crippen molar-refractivity contribution in [2.45, 2.75) is 40.0 Å². The minimum absolute atomic E-state index is 0.125. The second-order valence-corrected chi connectivity index (χ2v) is 5.34. The number of esters is 1. The fourth-order valence-corrected chi connectivity index (χ4v) is 2.97. The lowest BCUT2D eigenvalue weighted by molar-refractivity contribution is -0.497. The van der Waals surface area contributed by atoms with Gasteiger partial charge >= 0.3 is 5.97 Å². The third-order valence-electron chi connectivity index (χ3n) is 3.77. The summed E-state index contributed by atoms with van der Waals surface area (Å²) in [6.07, 6.45) is 1.67. The van der Waals surface area contributed by atoms with Crippen molar-refractivity contribution in [3.05, 3.63) is 10.1 Å². The number of carbonyl (C=O) groups is 1. The number of hydrogen-bond acceptors (Lipinski definition) is 4. The first-order valence-corrected chi connectivity index (χ1v) is 6.16. The van der Waals surface area contributed by atoms with Crippen LogP contribution >= 0.6 is 0 Å². The van der Waals surface area contributed by atoms with Crippen LogP contribution in [0.25, 0.3) is 0 Å². The number of nitrogens with zero attached hydrogens (tertiary/aromatic N) is 1. The highest BCUT2D eigenvalue weighted by Crippen LogP contribution is 2.47. The summed E-state index contributed by atoms with van der Waals surface area (Å²) >= 11 is 0. The van der Waals surface area contributed by atoms with Crippen molar-refractivity contribution < 1.29 is 14.5 Å². The predicted octanol–water partition coefficient (Wildman–Crippen LogP) is 2.27. The Morgan fingerprint density at radius 2 is 1.94 bits per heavy atom. The Morgan fingerprint density at radius 3 is 2.35 bits per heavy atom. The molecule has 1 aliphatic rings. The third-order valence-corrected chi connectivity index (χ3v) is 3.77. The van der Waals surface area contributed by atoms with Gasteiger partial charge < -0.3 is 4.74 Å². The van der Waals surface area contributed by atoms with E-state index in [-0.39, 0.29) is 23.9 Å². The van der Waals surface area contributed by atoms with E-state index in [9.17, 15) is 14.9 Å². The van der Waals surface area contributed by atoms with Gasteiger partial charge in [0.1, 0.15) is 0 Å². The van der Waals surface area contributed by atoms with Crippen LogP contribution in [0.2, 0.25) is 0 Å². The SMILES string of the molecule is CCOC(=O)CC1(C[N+](=O)[O-])CC(C)C(C)C1. The Bertz CT molecular complexity index is 293. The van der Waals surface area contributed by atoms with E-state index in [1.54, 1.807) is 6.92 Å². The molecule has 98 valence electrons. The maximum absolute atomic E-state index is 11.6. The Labute approximate surface area is 102 Å². The molecule has 1 aliphatic carbocycles. The highest BCUT2D eigenvalue weighted by molar-refractivity contribution is 5.70. The smallest absolute Gasteiger partial charge is 0.306 e. The molecule has 1 saturated carbocycles. The van der Waals surface area contributed by atoms with Crippen LogP contribution in [-0.2, 0) is 9.53 Å². The van der Waals surface area contributed by atoms with Crippen LogP contribution in [-0.4, -0.2) is 24.0 Å². The molecule has 1 rings (SSSR count). The van der Waals surface area contributed by atoms with E-state index in [0.29, 0.717) is 18.4 Å². The molecule has 2 atom stereocenters. The molecule has 0 aromatic heterocycles. The van der Waals surface area contributed by atoms with Crippen molar-refractivity contribution in [2.75, 3.05) is 13.2 Å². The Morgan fingerprint density at radius 1 is 1.41 bits per heavy atom. The fourth-order valence-electron chi connectivity index (χ4n) is 2.97. The summed E-state index contributed by atoms with van der Waals surface area (Å²) in [6.45, 7) is 6.14. The first-order valence-electron chi connectivity index (χ1n) is 6.16. The van der Waals surface area contributed by atoms with Gasteiger partial charge in [0.05, 0.1) is 13.0 Å². The van der Waals surface area contributed by atoms with Gasteiger partial charge in [-0.15, -0.1) is 0 Å². The Balaban J connectivity index is 2.73. The highest BCUT2D eigenvalue weighted by atomic mass is 16.6. The lowest BCUT2D eigenvalue weighted by atomic mass is 9.81. The molecule has 2 unspecified atom stereocenters. The largest absolute Gasteiger partial charge is 0.466 e. The van der Waals surface area contributed by atoms with Gasteiger partial charge in [0, 0.05) is 10.3 Å². The molecule has 0 radical (unpaired) electrons. The topological polar surface area (TPSA) is 69.4 Å². The van der Waals surface area contributed by atoms with Gasteiger partial charge in [0.15, 0.2) is 0 Å². The van der Waals surface area contributed by atoms with Crippen LogP contribution in [0.3, 0.4) is 0 Å². The molecule has 1 fully saturated rings. The van der Waals surface area contributed by atoms with Crippen molar-refractivity contribution in [3.63, 3.8) is 0 Å². The molecule has 0 spiro atoms. The summed E-state index contributed by atoms with van der Waals surface area (Å²) in [5.74, 6) is 0.560. The van der Waals surface area contributed by atoms with E-state index in [4.69, 9.17) is 4.74 Å². The van der Waals surface area contributed by atoms with Gasteiger partial charge in [0.25, 0.3) is 0 Å². The monoisotopic (exact) mass is 243 g/mol. The maximum atomic E-state index is 11.6. The Hall–Kier alpha value is -1.13. The summed E-state index contributed by atoms with van der Waals surface area (Å²) in [4.78, 5) is 22.0. The van der Waals surface area contributed by atoms with E-state index in [1.165, 1.54) is 0 Å². The number of hydrogen-bond donors (Lipinski definition) is 0. The molecule has 0 amide bonds. The summed E-state index contributed by atoms with van der Waals surface area (Å²) < 4.78 is 4.92. The minimum Gasteiger partial charge on any atom is -0.466 e. The van der Waals surface area contributed by atoms with Crippen LogP contribution in [0, 0.1) is 27.4 Å². The van der Waals surface area contributed by atoms with Crippen molar-refractivity contribution in [3.8, 4) is 0 Å². The average Bonchev–Trinajstić information content (AvgIpc) is 2.40. The summed E-state index contributed by atoms with van der Waals surface area (Å²) in [7, 11) is 0. The molecule has 5 nitrogen and oxygen atoms in total. The Kier molecular flexibility index (Phi) is 4.48. The molecule has 0 aliphatic heterocycles. The zero-order valence-corrected chi connectivity index (χ0v) is 10.8. The molecule has 0 heterocycles. The van der Waals surface area contributed by atoms with Crippen molar-refractivity contribution in [1.82, 2.24) is 0 Å². The second kappa shape index (κ2) is 5.47. The first-order chi connectivity index (χ1) is 7.88. The minimum atomic E-state index is -0.491. The normalized spacial score (nSPS) is 32.4. The summed E-state index contributed by atoms with van der Waals surface area (Å²) in [6, 6.07) is 0. The second-order valence-electron chi connectivity index (χ2n) is 5.34. The standard InChI is InChI=1S/C12H21NO4/c1-4-17-11(14)7-12(8-13(15)16)5-9(2)10(3)6-12/h9-10H,4-8H2,1-3H3. The van der Waals surface area contributed by atoms with Crippen LogP contribution < -0.4 is 0 Å².